The summed E-state index contributed by atoms with van der Waals surface area (Å²) < 4.78 is 5.32. The first-order chi connectivity index (χ1) is 18.6. The number of pyridine rings is 1. The van der Waals surface area contributed by atoms with E-state index in [0.717, 1.165) is 36.0 Å². The van der Waals surface area contributed by atoms with Crippen LogP contribution in [0, 0.1) is 0 Å². The number of ether oxygens (including phenoxy) is 1. The number of carbonyl (C=O) groups excluding carboxylic acids is 2. The van der Waals surface area contributed by atoms with Gasteiger partial charge in [-0.25, -0.2) is 5.01 Å². The smallest absolute Gasteiger partial charge is 0.257 e. The second kappa shape index (κ2) is 12.6. The summed E-state index contributed by atoms with van der Waals surface area (Å²) in [5.74, 6) is 0.0620. The van der Waals surface area contributed by atoms with Crippen LogP contribution in [0.2, 0.25) is 5.02 Å². The fourth-order valence-corrected chi connectivity index (χ4v) is 4.91. The van der Waals surface area contributed by atoms with Crippen LogP contribution in [0.4, 0.5) is 11.4 Å². The molecule has 1 aromatic heterocycles. The van der Waals surface area contributed by atoms with E-state index in [-0.39, 0.29) is 22.1 Å². The summed E-state index contributed by atoms with van der Waals surface area (Å²) in [6, 6.07) is 12.6. The standard InChI is InChI=1S/C28H29ClN4O3.C2H4O/c1-6-17-15-28(2,3)22-9-7-18(32-27(35)20-11-12-31-16-23(20)29)13-21(22)26(17)33(30-4)19-8-10-24(34)25(14-19)36-5;1-2-3/h7-14,16,34H,4,6,15H2,1-3,5H3,(H,32,35);2H,1H3. The van der Waals surface area contributed by atoms with Gasteiger partial charge in [-0.3, -0.25) is 9.78 Å². The molecular weight excluding hydrogens is 516 g/mol. The average Bonchev–Trinajstić information content (AvgIpc) is 2.91. The number of aldehydes is 1. The molecule has 0 bridgehead atoms. The van der Waals surface area contributed by atoms with E-state index in [9.17, 15) is 9.90 Å². The van der Waals surface area contributed by atoms with Gasteiger partial charge in [0.2, 0.25) is 0 Å². The molecule has 0 atom stereocenters. The van der Waals surface area contributed by atoms with E-state index < -0.39 is 0 Å². The van der Waals surface area contributed by atoms with Gasteiger partial charge < -0.3 is 20.0 Å². The highest BCUT2D eigenvalue weighted by atomic mass is 35.5. The molecule has 1 heterocycles. The van der Waals surface area contributed by atoms with Gasteiger partial charge in [0.25, 0.3) is 5.91 Å². The van der Waals surface area contributed by atoms with Crippen molar-refractivity contribution in [3.8, 4) is 11.5 Å². The van der Waals surface area contributed by atoms with Crippen LogP contribution in [0.15, 0.2) is 65.5 Å². The first-order valence-corrected chi connectivity index (χ1v) is 12.8. The third-order valence-electron chi connectivity index (χ3n) is 6.46. The number of hydrogen-bond acceptors (Lipinski definition) is 7. The second-order valence-corrected chi connectivity index (χ2v) is 9.89. The number of nitrogens with zero attached hydrogens (tertiary/aromatic N) is 3. The molecule has 0 saturated heterocycles. The van der Waals surface area contributed by atoms with Gasteiger partial charge in [-0.15, -0.1) is 0 Å². The topological polar surface area (TPSA) is 104 Å². The van der Waals surface area contributed by atoms with Crippen molar-refractivity contribution < 1.29 is 19.4 Å². The molecule has 1 aliphatic rings. The number of hydrogen-bond donors (Lipinski definition) is 2. The number of fused-ring (bicyclic) bond motifs is 1. The quantitative estimate of drug-likeness (QED) is 0.190. The third-order valence-corrected chi connectivity index (χ3v) is 6.76. The van der Waals surface area contributed by atoms with E-state index in [1.54, 1.807) is 29.3 Å². The van der Waals surface area contributed by atoms with Crippen molar-refractivity contribution in [3.05, 3.63) is 82.1 Å². The first-order valence-electron chi connectivity index (χ1n) is 12.4. The maximum Gasteiger partial charge on any atom is 0.257 e. The minimum Gasteiger partial charge on any atom is -0.504 e. The second-order valence-electron chi connectivity index (χ2n) is 9.48. The Morgan fingerprint density at radius 3 is 2.62 bits per heavy atom. The fraction of sp³-hybridized carbons (Fsp3) is 0.267. The number of phenols is 1. The van der Waals surface area contributed by atoms with Crippen molar-refractivity contribution in [2.45, 2.75) is 46.0 Å². The number of nitrogens with one attached hydrogen (secondary N) is 1. The SMILES string of the molecule is C=NN(C1=C(CC)CC(C)(C)c2ccc(NC(=O)c3ccncc3Cl)cc21)c1ccc(O)c(OC)c1.CC=O. The third kappa shape index (κ3) is 6.29. The molecule has 0 radical (unpaired) electrons. The molecule has 0 aliphatic heterocycles. The van der Waals surface area contributed by atoms with Gasteiger partial charge >= 0.3 is 0 Å². The maximum absolute atomic E-state index is 12.9. The normalized spacial score (nSPS) is 13.4. The summed E-state index contributed by atoms with van der Waals surface area (Å²) in [6.07, 6.45) is 5.37. The van der Waals surface area contributed by atoms with Crippen molar-refractivity contribution in [2.75, 3.05) is 17.4 Å². The van der Waals surface area contributed by atoms with Gasteiger partial charge in [-0.1, -0.05) is 38.4 Å². The van der Waals surface area contributed by atoms with Crippen molar-refractivity contribution in [1.82, 2.24) is 4.98 Å². The molecule has 2 aromatic carbocycles. The van der Waals surface area contributed by atoms with Gasteiger partial charge in [0, 0.05) is 36.4 Å². The molecule has 9 heteroatoms. The molecule has 0 saturated carbocycles. The maximum atomic E-state index is 12.9. The lowest BCUT2D eigenvalue weighted by atomic mass is 9.71. The van der Waals surface area contributed by atoms with E-state index in [4.69, 9.17) is 21.1 Å². The Balaban J connectivity index is 0.00000134. The lowest BCUT2D eigenvalue weighted by Crippen LogP contribution is -2.29. The average molecular weight is 549 g/mol. The number of hydrazone groups is 1. The van der Waals surface area contributed by atoms with Gasteiger partial charge in [-0.2, -0.15) is 5.10 Å². The number of amides is 1. The summed E-state index contributed by atoms with van der Waals surface area (Å²) in [7, 11) is 1.50. The lowest BCUT2D eigenvalue weighted by molar-refractivity contribution is -0.106. The van der Waals surface area contributed by atoms with Crippen LogP contribution in [0.1, 0.15) is 62.0 Å². The van der Waals surface area contributed by atoms with Crippen LogP contribution in [-0.4, -0.2) is 36.1 Å². The van der Waals surface area contributed by atoms with Gasteiger partial charge in [0.05, 0.1) is 29.1 Å². The number of aromatic nitrogens is 1. The highest BCUT2D eigenvalue weighted by Crippen LogP contribution is 2.47. The van der Waals surface area contributed by atoms with Crippen molar-refractivity contribution in [3.63, 3.8) is 0 Å². The molecule has 204 valence electrons. The molecule has 3 aromatic rings. The van der Waals surface area contributed by atoms with Gasteiger partial charge in [-0.05, 0) is 66.6 Å². The summed E-state index contributed by atoms with van der Waals surface area (Å²) in [5.41, 5.74) is 5.73. The number of methoxy groups -OCH3 is 1. The van der Waals surface area contributed by atoms with E-state index >= 15 is 0 Å². The number of anilines is 2. The zero-order valence-corrected chi connectivity index (χ0v) is 23.5. The molecule has 4 rings (SSSR count). The zero-order valence-electron chi connectivity index (χ0n) is 22.8. The largest absolute Gasteiger partial charge is 0.504 e. The molecule has 1 amide bonds. The Kier molecular flexibility index (Phi) is 9.48. The van der Waals surface area contributed by atoms with Crippen LogP contribution in [-0.2, 0) is 10.2 Å². The lowest BCUT2D eigenvalue weighted by Gasteiger charge is -2.38. The van der Waals surface area contributed by atoms with Crippen LogP contribution >= 0.6 is 11.6 Å². The number of rotatable bonds is 7. The molecule has 39 heavy (non-hydrogen) atoms. The summed E-state index contributed by atoms with van der Waals surface area (Å²) >= 11 is 6.18. The van der Waals surface area contributed by atoms with Gasteiger partial charge in [0.1, 0.15) is 6.29 Å². The minimum atomic E-state index is -0.319. The van der Waals surface area contributed by atoms with Crippen LogP contribution in [0.3, 0.4) is 0 Å². The molecule has 0 fully saturated rings. The molecule has 0 spiro atoms. The molecule has 8 nitrogen and oxygen atoms in total. The number of allylic oxidation sites excluding steroid dienone is 1. The van der Waals surface area contributed by atoms with Crippen LogP contribution < -0.4 is 15.1 Å². The Hall–Kier alpha value is -4.17. The van der Waals surface area contributed by atoms with E-state index in [0.29, 0.717) is 22.7 Å². The van der Waals surface area contributed by atoms with Crippen molar-refractivity contribution >= 4 is 47.6 Å². The van der Waals surface area contributed by atoms with Crippen molar-refractivity contribution in [2.24, 2.45) is 5.10 Å². The number of halogens is 1. The van der Waals surface area contributed by atoms with E-state index in [1.165, 1.54) is 32.0 Å². The highest BCUT2D eigenvalue weighted by molar-refractivity contribution is 6.34. The van der Waals surface area contributed by atoms with Gasteiger partial charge in [0.15, 0.2) is 11.5 Å². The summed E-state index contributed by atoms with van der Waals surface area (Å²) in [4.78, 5) is 25.7. The predicted octanol–water partition coefficient (Wildman–Crippen LogP) is 6.83. The molecule has 2 N–H and O–H groups in total. The summed E-state index contributed by atoms with van der Waals surface area (Å²) in [6.45, 7) is 11.8. The van der Waals surface area contributed by atoms with E-state index in [1.807, 2.05) is 18.2 Å². The highest BCUT2D eigenvalue weighted by Gasteiger charge is 2.35. The Morgan fingerprint density at radius 2 is 2.00 bits per heavy atom. The molecule has 1 aliphatic carbocycles. The Labute approximate surface area is 234 Å². The number of benzene rings is 2. The predicted molar refractivity (Wildman–Crippen MR) is 157 cm³/mol. The summed E-state index contributed by atoms with van der Waals surface area (Å²) in [5, 5.41) is 19.5. The Bertz CT molecular complexity index is 1420. The number of aromatic hydroxyl groups is 1. The molecular formula is C30H33ClN4O4. The zero-order chi connectivity index (χ0) is 28.7. The minimum absolute atomic E-state index is 0.0416. The van der Waals surface area contributed by atoms with Crippen LogP contribution in [0.5, 0.6) is 11.5 Å². The first kappa shape index (κ1) is 29.4. The van der Waals surface area contributed by atoms with Crippen LogP contribution in [0.25, 0.3) is 5.70 Å². The number of carbonyl (C=O) groups is 2. The number of phenolic OH excluding ortho intramolecular Hbond substituents is 1. The molecule has 0 unspecified atom stereocenters. The monoisotopic (exact) mass is 548 g/mol. The van der Waals surface area contributed by atoms with Crippen molar-refractivity contribution in [1.29, 1.82) is 0 Å². The van der Waals surface area contributed by atoms with E-state index in [2.05, 4.69) is 42.9 Å². The fourth-order valence-electron chi connectivity index (χ4n) is 4.70. The Morgan fingerprint density at radius 1 is 1.28 bits per heavy atom.